The average Bonchev–Trinajstić information content (AvgIpc) is 2.71. The molecule has 1 unspecified atom stereocenters. The van der Waals surface area contributed by atoms with Crippen LogP contribution in [0.4, 0.5) is 11.8 Å². The van der Waals surface area contributed by atoms with Gasteiger partial charge in [-0.25, -0.2) is 15.0 Å². The van der Waals surface area contributed by atoms with Crippen LogP contribution in [0.5, 0.6) is 0 Å². The number of fused-ring (bicyclic) bond motifs is 1. The Bertz CT molecular complexity index is 829. The predicted octanol–water partition coefficient (Wildman–Crippen LogP) is 1.22. The standard InChI is InChI=1S/C17H21ClN6O2S/c18-13-9-19-15(20-10-13)12-1-3-24(4-2-12)17-21-11-14-16(22-17)23(5-7-25)6-8-27(14)26/h9-12,25H,1-8H2. The zero-order valence-electron chi connectivity index (χ0n) is 14.8. The number of aliphatic hydroxyl groups is 1. The Balaban J connectivity index is 1.49. The fourth-order valence-electron chi connectivity index (χ4n) is 3.51. The largest absolute Gasteiger partial charge is 0.395 e. The van der Waals surface area contributed by atoms with Gasteiger partial charge in [0.15, 0.2) is 5.82 Å². The number of aliphatic hydroxyl groups excluding tert-OH is 1. The molecule has 1 saturated heterocycles. The van der Waals surface area contributed by atoms with Gasteiger partial charge in [-0.15, -0.1) is 0 Å². The zero-order valence-corrected chi connectivity index (χ0v) is 16.4. The van der Waals surface area contributed by atoms with Gasteiger partial charge in [0.25, 0.3) is 0 Å². The van der Waals surface area contributed by atoms with Gasteiger partial charge in [0.2, 0.25) is 5.95 Å². The average molecular weight is 409 g/mol. The normalized spacial score (nSPS) is 20.6. The van der Waals surface area contributed by atoms with E-state index in [0.717, 1.165) is 31.8 Å². The number of hydrogen-bond acceptors (Lipinski definition) is 8. The molecule has 0 saturated carbocycles. The molecule has 144 valence electrons. The van der Waals surface area contributed by atoms with E-state index in [2.05, 4.69) is 24.8 Å². The topological polar surface area (TPSA) is 95.3 Å². The van der Waals surface area contributed by atoms with Crippen LogP contribution in [0.15, 0.2) is 23.5 Å². The van der Waals surface area contributed by atoms with Crippen molar-refractivity contribution in [3.05, 3.63) is 29.4 Å². The fraction of sp³-hybridized carbons (Fsp3) is 0.529. The lowest BCUT2D eigenvalue weighted by Gasteiger charge is -2.33. The van der Waals surface area contributed by atoms with Gasteiger partial charge in [-0.3, -0.25) is 4.21 Å². The summed E-state index contributed by atoms with van der Waals surface area (Å²) in [6, 6.07) is 0. The molecule has 10 heteroatoms. The summed E-state index contributed by atoms with van der Waals surface area (Å²) in [5, 5.41) is 9.84. The Kier molecular flexibility index (Phi) is 5.51. The van der Waals surface area contributed by atoms with Crippen LogP contribution in [-0.4, -0.2) is 67.8 Å². The second kappa shape index (κ2) is 8.04. The Morgan fingerprint density at radius 2 is 1.89 bits per heavy atom. The zero-order chi connectivity index (χ0) is 18.8. The Morgan fingerprint density at radius 3 is 2.59 bits per heavy atom. The monoisotopic (exact) mass is 408 g/mol. The van der Waals surface area contributed by atoms with E-state index in [1.54, 1.807) is 18.6 Å². The maximum atomic E-state index is 12.3. The molecule has 4 rings (SSSR count). The minimum Gasteiger partial charge on any atom is -0.395 e. The van der Waals surface area contributed by atoms with Crippen molar-refractivity contribution in [1.29, 1.82) is 0 Å². The third kappa shape index (κ3) is 3.90. The molecular weight excluding hydrogens is 388 g/mol. The molecule has 8 nitrogen and oxygen atoms in total. The number of halogens is 1. The number of nitrogens with zero attached hydrogens (tertiary/aromatic N) is 6. The minimum atomic E-state index is -1.08. The Labute approximate surface area is 165 Å². The van der Waals surface area contributed by atoms with Crippen LogP contribution < -0.4 is 9.80 Å². The van der Waals surface area contributed by atoms with Gasteiger partial charge in [0.1, 0.15) is 5.82 Å². The van der Waals surface area contributed by atoms with Gasteiger partial charge < -0.3 is 14.9 Å². The van der Waals surface area contributed by atoms with E-state index in [9.17, 15) is 9.32 Å². The highest BCUT2D eigenvalue weighted by Gasteiger charge is 2.28. The molecule has 2 aliphatic rings. The summed E-state index contributed by atoms with van der Waals surface area (Å²) < 4.78 is 12.3. The summed E-state index contributed by atoms with van der Waals surface area (Å²) >= 11 is 5.87. The highest BCUT2D eigenvalue weighted by Crippen LogP contribution is 2.31. The molecule has 1 atom stereocenters. The van der Waals surface area contributed by atoms with E-state index in [0.29, 0.717) is 46.4 Å². The smallest absolute Gasteiger partial charge is 0.227 e. The van der Waals surface area contributed by atoms with Gasteiger partial charge in [-0.2, -0.15) is 4.98 Å². The first-order valence-corrected chi connectivity index (χ1v) is 10.7. The Morgan fingerprint density at radius 1 is 1.15 bits per heavy atom. The molecule has 1 N–H and O–H groups in total. The third-order valence-corrected chi connectivity index (χ3v) is 6.50. The van der Waals surface area contributed by atoms with Crippen molar-refractivity contribution in [3.8, 4) is 0 Å². The third-order valence-electron chi connectivity index (χ3n) is 4.97. The summed E-state index contributed by atoms with van der Waals surface area (Å²) in [6.07, 6.45) is 6.77. The first-order chi connectivity index (χ1) is 13.2. The number of hydrogen-bond donors (Lipinski definition) is 1. The van der Waals surface area contributed by atoms with Gasteiger partial charge in [-0.1, -0.05) is 11.6 Å². The number of anilines is 2. The van der Waals surface area contributed by atoms with Crippen molar-refractivity contribution < 1.29 is 9.32 Å². The molecule has 4 heterocycles. The lowest BCUT2D eigenvalue weighted by atomic mass is 9.96. The molecule has 0 spiro atoms. The van der Waals surface area contributed by atoms with Crippen LogP contribution in [0, 0.1) is 0 Å². The van der Waals surface area contributed by atoms with Gasteiger partial charge in [0.05, 0.1) is 33.5 Å². The van der Waals surface area contributed by atoms with Gasteiger partial charge >= 0.3 is 0 Å². The number of rotatable bonds is 4. The van der Waals surface area contributed by atoms with Gasteiger partial charge in [0, 0.05) is 50.2 Å². The van der Waals surface area contributed by atoms with Crippen LogP contribution >= 0.6 is 11.6 Å². The highest BCUT2D eigenvalue weighted by molar-refractivity contribution is 7.85. The number of aromatic nitrogens is 4. The van der Waals surface area contributed by atoms with E-state index in [1.165, 1.54) is 0 Å². The van der Waals surface area contributed by atoms with E-state index < -0.39 is 10.8 Å². The molecule has 0 aliphatic carbocycles. The first kappa shape index (κ1) is 18.5. The predicted molar refractivity (Wildman–Crippen MR) is 104 cm³/mol. The molecule has 2 aliphatic heterocycles. The maximum absolute atomic E-state index is 12.3. The van der Waals surface area contributed by atoms with Crippen molar-refractivity contribution in [1.82, 2.24) is 19.9 Å². The molecule has 2 aromatic rings. The lowest BCUT2D eigenvalue weighted by molar-refractivity contribution is 0.301. The van der Waals surface area contributed by atoms with Crippen LogP contribution in [-0.2, 0) is 10.8 Å². The van der Waals surface area contributed by atoms with Crippen LogP contribution in [0.25, 0.3) is 0 Å². The molecule has 0 radical (unpaired) electrons. The summed E-state index contributed by atoms with van der Waals surface area (Å²) in [7, 11) is -1.08. The van der Waals surface area contributed by atoms with Crippen molar-refractivity contribution in [2.24, 2.45) is 0 Å². The molecule has 27 heavy (non-hydrogen) atoms. The van der Waals surface area contributed by atoms with Crippen molar-refractivity contribution in [2.45, 2.75) is 23.7 Å². The molecule has 0 aromatic carbocycles. The SMILES string of the molecule is O=S1CCN(CCO)c2nc(N3CCC(c4ncc(Cl)cn4)CC3)ncc21. The second-order valence-electron chi connectivity index (χ2n) is 6.64. The second-order valence-corrected chi connectivity index (χ2v) is 8.61. The maximum Gasteiger partial charge on any atom is 0.227 e. The van der Waals surface area contributed by atoms with Crippen molar-refractivity contribution in [2.75, 3.05) is 48.3 Å². The van der Waals surface area contributed by atoms with Crippen LogP contribution in [0.1, 0.15) is 24.6 Å². The summed E-state index contributed by atoms with van der Waals surface area (Å²) in [4.78, 5) is 22.6. The van der Waals surface area contributed by atoms with Crippen molar-refractivity contribution >= 4 is 34.2 Å². The molecular formula is C17H21ClN6O2S. The fourth-order valence-corrected chi connectivity index (χ4v) is 4.76. The first-order valence-electron chi connectivity index (χ1n) is 8.99. The number of piperidine rings is 1. The number of β-amino-alcohol motifs (C(OH)–C–C–N with tert-alkyl or cyclic N) is 1. The highest BCUT2D eigenvalue weighted by atomic mass is 35.5. The van der Waals surface area contributed by atoms with E-state index in [4.69, 9.17) is 11.6 Å². The summed E-state index contributed by atoms with van der Waals surface area (Å²) in [5.74, 6) is 3.00. The molecule has 2 aromatic heterocycles. The summed E-state index contributed by atoms with van der Waals surface area (Å²) in [6.45, 7) is 2.76. The van der Waals surface area contributed by atoms with E-state index in [1.807, 2.05) is 4.90 Å². The van der Waals surface area contributed by atoms with Gasteiger partial charge in [-0.05, 0) is 12.8 Å². The van der Waals surface area contributed by atoms with Crippen LogP contribution in [0.3, 0.4) is 0 Å². The Hall–Kier alpha value is -1.84. The van der Waals surface area contributed by atoms with Crippen LogP contribution in [0.2, 0.25) is 5.02 Å². The molecule has 0 bridgehead atoms. The molecule has 1 fully saturated rings. The van der Waals surface area contributed by atoms with E-state index in [-0.39, 0.29) is 6.61 Å². The minimum absolute atomic E-state index is 0.0396. The van der Waals surface area contributed by atoms with Crippen molar-refractivity contribution in [3.63, 3.8) is 0 Å². The van der Waals surface area contributed by atoms with E-state index >= 15 is 0 Å². The molecule has 0 amide bonds. The summed E-state index contributed by atoms with van der Waals surface area (Å²) in [5.41, 5.74) is 0. The lowest BCUT2D eigenvalue weighted by Crippen LogP contribution is -2.38. The quantitative estimate of drug-likeness (QED) is 0.806.